The number of nitrogens with zero attached hydrogens (tertiary/aromatic N) is 2. The molecular weight excluding hydrogens is 344 g/mol. The Balaban J connectivity index is 1.38. The monoisotopic (exact) mass is 366 g/mol. The van der Waals surface area contributed by atoms with Crippen molar-refractivity contribution in [2.75, 3.05) is 6.54 Å². The summed E-state index contributed by atoms with van der Waals surface area (Å²) in [7, 11) is 0. The first-order valence-corrected chi connectivity index (χ1v) is 8.86. The molecule has 2 heterocycles. The van der Waals surface area contributed by atoms with Gasteiger partial charge in [-0.15, -0.1) is 0 Å². The van der Waals surface area contributed by atoms with Gasteiger partial charge >= 0.3 is 0 Å². The van der Waals surface area contributed by atoms with E-state index in [1.54, 1.807) is 6.20 Å². The smallest absolute Gasteiger partial charge is 0.264 e. The number of aromatic nitrogens is 1. The average Bonchev–Trinajstić information content (AvgIpc) is 3.17. The number of carbonyl (C=O) groups excluding carboxylic acids is 2. The maximum Gasteiger partial charge on any atom is 0.264 e. The third kappa shape index (κ3) is 5.13. The highest BCUT2D eigenvalue weighted by atomic mass is 16.6. The number of carbonyl (C=O) groups is 2. The van der Waals surface area contributed by atoms with Gasteiger partial charge in [-0.3, -0.25) is 14.6 Å². The van der Waals surface area contributed by atoms with E-state index in [0.29, 0.717) is 13.0 Å². The van der Waals surface area contributed by atoms with Crippen molar-refractivity contribution in [2.45, 2.75) is 32.4 Å². The maximum absolute atomic E-state index is 12.2. The summed E-state index contributed by atoms with van der Waals surface area (Å²) in [5.74, 6) is -0.412. The lowest BCUT2D eigenvalue weighted by Gasteiger charge is -2.10. The average molecular weight is 366 g/mol. The van der Waals surface area contributed by atoms with Gasteiger partial charge in [0.25, 0.3) is 5.91 Å². The van der Waals surface area contributed by atoms with E-state index in [1.807, 2.05) is 49.4 Å². The van der Waals surface area contributed by atoms with Crippen molar-refractivity contribution < 1.29 is 14.4 Å². The molecule has 0 saturated heterocycles. The zero-order valence-electron chi connectivity index (χ0n) is 15.1. The molecule has 2 aromatic rings. The number of hydrogen-bond acceptors (Lipinski definition) is 5. The van der Waals surface area contributed by atoms with Crippen LogP contribution in [-0.2, 0) is 21.0 Å². The quantitative estimate of drug-likeness (QED) is 0.780. The van der Waals surface area contributed by atoms with Crippen molar-refractivity contribution in [1.29, 1.82) is 0 Å². The molecule has 1 aliphatic heterocycles. The number of amides is 2. The molecular formula is C20H22N4O3. The minimum atomic E-state index is -0.656. The number of rotatable bonds is 7. The van der Waals surface area contributed by atoms with Gasteiger partial charge in [0, 0.05) is 31.1 Å². The molecule has 0 fully saturated rings. The van der Waals surface area contributed by atoms with Crippen LogP contribution < -0.4 is 10.6 Å². The first-order chi connectivity index (χ1) is 13.1. The van der Waals surface area contributed by atoms with Crippen molar-refractivity contribution in [3.05, 3.63) is 65.5 Å². The summed E-state index contributed by atoms with van der Waals surface area (Å²) in [6.07, 6.45) is 1.63. The van der Waals surface area contributed by atoms with Crippen LogP contribution in [0.2, 0.25) is 0 Å². The first kappa shape index (κ1) is 18.6. The van der Waals surface area contributed by atoms with Gasteiger partial charge < -0.3 is 15.5 Å². The van der Waals surface area contributed by atoms with Crippen LogP contribution in [-0.4, -0.2) is 35.2 Å². The highest BCUT2D eigenvalue weighted by molar-refractivity contribution is 6.05. The summed E-state index contributed by atoms with van der Waals surface area (Å²) in [5.41, 5.74) is 3.63. The van der Waals surface area contributed by atoms with Crippen LogP contribution in [0.4, 0.5) is 0 Å². The van der Waals surface area contributed by atoms with Crippen LogP contribution in [0.15, 0.2) is 53.8 Å². The Morgan fingerprint density at radius 1 is 1.15 bits per heavy atom. The third-order valence-corrected chi connectivity index (χ3v) is 4.26. The van der Waals surface area contributed by atoms with E-state index in [0.717, 1.165) is 22.5 Å². The Bertz CT molecular complexity index is 836. The zero-order valence-corrected chi connectivity index (χ0v) is 15.1. The highest BCUT2D eigenvalue weighted by Gasteiger charge is 2.29. The molecule has 1 unspecified atom stereocenters. The largest absolute Gasteiger partial charge is 0.382 e. The van der Waals surface area contributed by atoms with Crippen LogP contribution in [0.1, 0.15) is 29.7 Å². The van der Waals surface area contributed by atoms with E-state index in [9.17, 15) is 9.59 Å². The zero-order chi connectivity index (χ0) is 19.1. The molecule has 1 aliphatic rings. The second-order valence-electron chi connectivity index (χ2n) is 6.29. The predicted molar refractivity (Wildman–Crippen MR) is 101 cm³/mol. The van der Waals surface area contributed by atoms with Gasteiger partial charge in [-0.25, -0.2) is 0 Å². The number of benzene rings is 1. The van der Waals surface area contributed by atoms with Crippen molar-refractivity contribution in [1.82, 2.24) is 15.6 Å². The minimum Gasteiger partial charge on any atom is -0.382 e. The Morgan fingerprint density at radius 3 is 2.74 bits per heavy atom. The van der Waals surface area contributed by atoms with E-state index in [-0.39, 0.29) is 24.8 Å². The number of oxime groups is 1. The summed E-state index contributed by atoms with van der Waals surface area (Å²) in [6.45, 7) is 2.61. The molecule has 2 N–H and O–H groups in total. The second kappa shape index (κ2) is 8.93. The van der Waals surface area contributed by atoms with Crippen molar-refractivity contribution >= 4 is 17.5 Å². The van der Waals surface area contributed by atoms with Gasteiger partial charge in [-0.05, 0) is 24.6 Å². The number of nitrogens with one attached hydrogen (secondary N) is 2. The molecule has 27 heavy (non-hydrogen) atoms. The summed E-state index contributed by atoms with van der Waals surface area (Å²) >= 11 is 0. The number of aryl methyl sites for hydroxylation is 1. The fraction of sp³-hybridized carbons (Fsp3) is 0.300. The van der Waals surface area contributed by atoms with Gasteiger partial charge in [0.2, 0.25) is 12.0 Å². The lowest BCUT2D eigenvalue weighted by molar-refractivity contribution is -0.131. The predicted octanol–water partition coefficient (Wildman–Crippen LogP) is 1.71. The molecule has 140 valence electrons. The molecule has 1 aromatic heterocycles. The van der Waals surface area contributed by atoms with Crippen LogP contribution in [0.25, 0.3) is 0 Å². The second-order valence-corrected chi connectivity index (χ2v) is 6.29. The van der Waals surface area contributed by atoms with Gasteiger partial charge in [-0.2, -0.15) is 0 Å². The van der Waals surface area contributed by atoms with Crippen LogP contribution in [0.3, 0.4) is 0 Å². The van der Waals surface area contributed by atoms with Crippen molar-refractivity contribution in [3.8, 4) is 0 Å². The lowest BCUT2D eigenvalue weighted by atomic mass is 10.0. The van der Waals surface area contributed by atoms with Gasteiger partial charge in [0.15, 0.2) is 0 Å². The van der Waals surface area contributed by atoms with E-state index in [1.165, 1.54) is 0 Å². The first-order valence-electron chi connectivity index (χ1n) is 8.86. The molecule has 0 aliphatic carbocycles. The molecule has 3 rings (SSSR count). The van der Waals surface area contributed by atoms with E-state index >= 15 is 0 Å². The van der Waals surface area contributed by atoms with Crippen LogP contribution in [0, 0.1) is 6.92 Å². The maximum atomic E-state index is 12.2. The van der Waals surface area contributed by atoms with Crippen LogP contribution in [0.5, 0.6) is 0 Å². The fourth-order valence-corrected chi connectivity index (χ4v) is 2.77. The molecule has 7 heteroatoms. The lowest BCUT2D eigenvalue weighted by Crippen LogP contribution is -2.37. The normalized spacial score (nSPS) is 15.6. The van der Waals surface area contributed by atoms with E-state index in [4.69, 9.17) is 4.84 Å². The van der Waals surface area contributed by atoms with Gasteiger partial charge in [0.05, 0.1) is 18.0 Å². The Hall–Kier alpha value is -3.22. The molecule has 1 aromatic carbocycles. The van der Waals surface area contributed by atoms with E-state index in [2.05, 4.69) is 20.8 Å². The topological polar surface area (TPSA) is 92.7 Å². The SMILES string of the molecule is Cc1ccccc1C1=NOC(C(=O)NCCC(=O)NCc2ccccn2)C1. The molecule has 7 nitrogen and oxygen atoms in total. The standard InChI is InChI=1S/C20H22N4O3/c1-14-6-2-3-8-16(14)17-12-18(27-24-17)20(26)22-11-9-19(25)23-13-15-7-4-5-10-21-15/h2-8,10,18H,9,11-13H2,1H3,(H,22,26)(H,23,25). The van der Waals surface area contributed by atoms with Gasteiger partial charge in [0.1, 0.15) is 0 Å². The summed E-state index contributed by atoms with van der Waals surface area (Å²) in [5, 5.41) is 9.54. The molecule has 0 saturated carbocycles. The third-order valence-electron chi connectivity index (χ3n) is 4.26. The minimum absolute atomic E-state index is 0.148. The summed E-state index contributed by atoms with van der Waals surface area (Å²) in [4.78, 5) is 33.5. The molecule has 0 radical (unpaired) electrons. The van der Waals surface area contributed by atoms with Crippen LogP contribution >= 0.6 is 0 Å². The van der Waals surface area contributed by atoms with E-state index < -0.39 is 6.10 Å². The van der Waals surface area contributed by atoms with Crippen molar-refractivity contribution in [2.24, 2.45) is 5.16 Å². The Morgan fingerprint density at radius 2 is 1.96 bits per heavy atom. The number of hydrogen-bond donors (Lipinski definition) is 2. The number of pyridine rings is 1. The molecule has 0 spiro atoms. The fourth-order valence-electron chi connectivity index (χ4n) is 2.77. The molecule has 1 atom stereocenters. The van der Waals surface area contributed by atoms with Crippen molar-refractivity contribution in [3.63, 3.8) is 0 Å². The summed E-state index contributed by atoms with van der Waals surface area (Å²) < 4.78 is 0. The molecule has 2 amide bonds. The highest BCUT2D eigenvalue weighted by Crippen LogP contribution is 2.19. The molecule has 0 bridgehead atoms. The Kier molecular flexibility index (Phi) is 6.14. The summed E-state index contributed by atoms with van der Waals surface area (Å²) in [6, 6.07) is 13.4. The Labute approximate surface area is 157 Å². The van der Waals surface area contributed by atoms with Gasteiger partial charge in [-0.1, -0.05) is 35.5 Å².